The Kier molecular flexibility index (Phi) is 6.56. The number of rotatable bonds is 6. The minimum absolute atomic E-state index is 0.0521. The van der Waals surface area contributed by atoms with E-state index in [0.29, 0.717) is 17.8 Å². The summed E-state index contributed by atoms with van der Waals surface area (Å²) in [5.41, 5.74) is 9.06. The lowest BCUT2D eigenvalue weighted by atomic mass is 10.0. The first-order valence-corrected chi connectivity index (χ1v) is 10.6. The Morgan fingerprint density at radius 2 is 1.88 bits per heavy atom. The van der Waals surface area contributed by atoms with E-state index in [-0.39, 0.29) is 30.1 Å². The molecule has 1 saturated heterocycles. The third kappa shape index (κ3) is 5.00. The van der Waals surface area contributed by atoms with Crippen molar-refractivity contribution in [3.05, 3.63) is 95.6 Å². The van der Waals surface area contributed by atoms with E-state index in [1.165, 1.54) is 12.1 Å². The first kappa shape index (κ1) is 21.6. The lowest BCUT2D eigenvalue weighted by molar-refractivity contribution is -0.132. The number of hydrogen-bond acceptors (Lipinski definition) is 4. The molecule has 2 atom stereocenters. The molecule has 4 rings (SSSR count). The summed E-state index contributed by atoms with van der Waals surface area (Å²) in [6.45, 7) is 0.640. The maximum atomic E-state index is 13.6. The zero-order valence-corrected chi connectivity index (χ0v) is 17.6. The highest BCUT2D eigenvalue weighted by atomic mass is 19.1. The highest BCUT2D eigenvalue weighted by Crippen LogP contribution is 2.33. The maximum absolute atomic E-state index is 13.6. The molecule has 164 valence electrons. The molecule has 1 aromatic heterocycles. The summed E-state index contributed by atoms with van der Waals surface area (Å²) in [6, 6.07) is 16.2. The standard InChI is InChI=1S/C25H25FN4O2/c26-20-4-1-3-19(15-20)23-5-2-14-30(23)24(31)16-22(27)17-6-8-18(9-7-17)25(32)29-21-10-12-28-13-11-21/h1,3-4,6-13,15,22-23H,2,5,14,16,27H2,(H,28,29,32)/t22-,23+/m0/s1. The Balaban J connectivity index is 1.38. The molecule has 2 aromatic carbocycles. The zero-order valence-electron chi connectivity index (χ0n) is 17.6. The lowest BCUT2D eigenvalue weighted by Gasteiger charge is -2.26. The number of hydrogen-bond donors (Lipinski definition) is 2. The van der Waals surface area contributed by atoms with Gasteiger partial charge in [-0.2, -0.15) is 0 Å². The van der Waals surface area contributed by atoms with E-state index in [1.54, 1.807) is 59.8 Å². The summed E-state index contributed by atoms with van der Waals surface area (Å²) in [5.74, 6) is -0.585. The fraction of sp³-hybridized carbons (Fsp3) is 0.240. The van der Waals surface area contributed by atoms with Crippen LogP contribution < -0.4 is 11.1 Å². The molecule has 2 heterocycles. The van der Waals surface area contributed by atoms with E-state index in [1.807, 2.05) is 6.07 Å². The van der Waals surface area contributed by atoms with Crippen molar-refractivity contribution < 1.29 is 14.0 Å². The van der Waals surface area contributed by atoms with Gasteiger partial charge in [-0.1, -0.05) is 24.3 Å². The number of nitrogens with zero attached hydrogens (tertiary/aromatic N) is 2. The van der Waals surface area contributed by atoms with Crippen molar-refractivity contribution in [2.24, 2.45) is 5.73 Å². The van der Waals surface area contributed by atoms with Gasteiger partial charge >= 0.3 is 0 Å². The van der Waals surface area contributed by atoms with Crippen molar-refractivity contribution in [2.75, 3.05) is 11.9 Å². The van der Waals surface area contributed by atoms with E-state index in [0.717, 1.165) is 24.0 Å². The monoisotopic (exact) mass is 432 g/mol. The number of benzene rings is 2. The third-order valence-electron chi connectivity index (χ3n) is 5.74. The predicted molar refractivity (Wildman–Crippen MR) is 120 cm³/mol. The van der Waals surface area contributed by atoms with E-state index >= 15 is 0 Å². The predicted octanol–water partition coefficient (Wildman–Crippen LogP) is 4.23. The number of carbonyl (C=O) groups is 2. The molecule has 0 unspecified atom stereocenters. The van der Waals surface area contributed by atoms with Crippen LogP contribution in [0.5, 0.6) is 0 Å². The SMILES string of the molecule is N[C@@H](CC(=O)N1CCC[C@@H]1c1cccc(F)c1)c1ccc(C(=O)Nc2ccncc2)cc1. The van der Waals surface area contributed by atoms with E-state index in [2.05, 4.69) is 10.3 Å². The molecule has 2 amide bonds. The molecule has 0 spiro atoms. The normalized spacial score (nSPS) is 16.6. The minimum atomic E-state index is -0.492. The molecule has 3 N–H and O–H groups in total. The van der Waals surface area contributed by atoms with Crippen LogP contribution in [0, 0.1) is 5.82 Å². The Morgan fingerprint density at radius 3 is 2.59 bits per heavy atom. The maximum Gasteiger partial charge on any atom is 0.255 e. The highest BCUT2D eigenvalue weighted by molar-refractivity contribution is 6.04. The lowest BCUT2D eigenvalue weighted by Crippen LogP contribution is -2.33. The zero-order chi connectivity index (χ0) is 22.5. The van der Waals surface area contributed by atoms with Crippen LogP contribution in [0.1, 0.15) is 52.8 Å². The molecule has 6 nitrogen and oxygen atoms in total. The molecular formula is C25H25FN4O2. The molecule has 1 aliphatic heterocycles. The van der Waals surface area contributed by atoms with Gasteiger partial charge in [-0.25, -0.2) is 4.39 Å². The van der Waals surface area contributed by atoms with Crippen LogP contribution in [0.3, 0.4) is 0 Å². The molecule has 0 saturated carbocycles. The van der Waals surface area contributed by atoms with Gasteiger partial charge in [-0.15, -0.1) is 0 Å². The van der Waals surface area contributed by atoms with Gasteiger partial charge in [0, 0.05) is 42.7 Å². The number of likely N-dealkylation sites (tertiary alicyclic amines) is 1. The molecule has 1 fully saturated rings. The van der Waals surface area contributed by atoms with Gasteiger partial charge in [0.15, 0.2) is 0 Å². The summed E-state index contributed by atoms with van der Waals surface area (Å²) >= 11 is 0. The fourth-order valence-electron chi connectivity index (χ4n) is 4.07. The van der Waals surface area contributed by atoms with Gasteiger partial charge in [-0.05, 0) is 60.4 Å². The van der Waals surface area contributed by atoms with Crippen LogP contribution in [-0.4, -0.2) is 28.2 Å². The number of aromatic nitrogens is 1. The molecule has 1 aliphatic rings. The van der Waals surface area contributed by atoms with E-state index in [9.17, 15) is 14.0 Å². The van der Waals surface area contributed by atoms with Gasteiger partial charge < -0.3 is 16.0 Å². The number of carbonyl (C=O) groups excluding carboxylic acids is 2. The van der Waals surface area contributed by atoms with Crippen molar-refractivity contribution in [1.29, 1.82) is 0 Å². The largest absolute Gasteiger partial charge is 0.336 e. The van der Waals surface area contributed by atoms with Crippen LogP contribution in [0.2, 0.25) is 0 Å². The number of nitrogens with two attached hydrogens (primary N) is 1. The highest BCUT2D eigenvalue weighted by Gasteiger charge is 2.31. The Bertz CT molecular complexity index is 1090. The second kappa shape index (κ2) is 9.70. The van der Waals surface area contributed by atoms with Crippen molar-refractivity contribution in [2.45, 2.75) is 31.3 Å². The van der Waals surface area contributed by atoms with Crippen LogP contribution >= 0.6 is 0 Å². The smallest absolute Gasteiger partial charge is 0.255 e. The van der Waals surface area contributed by atoms with E-state index < -0.39 is 6.04 Å². The van der Waals surface area contributed by atoms with Crippen LogP contribution in [0.4, 0.5) is 10.1 Å². The van der Waals surface area contributed by atoms with Gasteiger partial charge in [0.1, 0.15) is 5.82 Å². The van der Waals surface area contributed by atoms with Gasteiger partial charge in [0.2, 0.25) is 5.91 Å². The van der Waals surface area contributed by atoms with Crippen molar-refractivity contribution in [3.8, 4) is 0 Å². The van der Waals surface area contributed by atoms with Crippen LogP contribution in [-0.2, 0) is 4.79 Å². The second-order valence-electron chi connectivity index (χ2n) is 7.92. The number of amides is 2. The first-order valence-electron chi connectivity index (χ1n) is 10.6. The molecule has 0 aliphatic carbocycles. The summed E-state index contributed by atoms with van der Waals surface area (Å²) in [6.07, 6.45) is 5.05. The average Bonchev–Trinajstić information content (AvgIpc) is 3.30. The molecule has 0 bridgehead atoms. The molecule has 3 aromatic rings. The number of halogens is 1. The quantitative estimate of drug-likeness (QED) is 0.610. The second-order valence-corrected chi connectivity index (χ2v) is 7.92. The van der Waals surface area contributed by atoms with Gasteiger partial charge in [-0.3, -0.25) is 14.6 Å². The van der Waals surface area contributed by atoms with E-state index in [4.69, 9.17) is 5.73 Å². The summed E-state index contributed by atoms with van der Waals surface area (Å²) in [5, 5.41) is 2.80. The fourth-order valence-corrected chi connectivity index (χ4v) is 4.07. The topological polar surface area (TPSA) is 88.3 Å². The Labute approximate surface area is 186 Å². The summed E-state index contributed by atoms with van der Waals surface area (Å²) in [7, 11) is 0. The molecule has 7 heteroatoms. The Morgan fingerprint density at radius 1 is 1.12 bits per heavy atom. The minimum Gasteiger partial charge on any atom is -0.336 e. The molecule has 0 radical (unpaired) electrons. The Hall–Kier alpha value is -3.58. The van der Waals surface area contributed by atoms with Crippen molar-refractivity contribution >= 4 is 17.5 Å². The molecular weight excluding hydrogens is 407 g/mol. The van der Waals surface area contributed by atoms with Crippen molar-refractivity contribution in [1.82, 2.24) is 9.88 Å². The number of pyridine rings is 1. The van der Waals surface area contributed by atoms with Crippen molar-refractivity contribution in [3.63, 3.8) is 0 Å². The van der Waals surface area contributed by atoms with Gasteiger partial charge in [0.25, 0.3) is 5.91 Å². The summed E-state index contributed by atoms with van der Waals surface area (Å²) < 4.78 is 13.6. The van der Waals surface area contributed by atoms with Crippen LogP contribution in [0.25, 0.3) is 0 Å². The van der Waals surface area contributed by atoms with Crippen LogP contribution in [0.15, 0.2) is 73.1 Å². The molecule has 32 heavy (non-hydrogen) atoms. The van der Waals surface area contributed by atoms with Gasteiger partial charge in [0.05, 0.1) is 6.04 Å². The average molecular weight is 432 g/mol. The number of anilines is 1. The summed E-state index contributed by atoms with van der Waals surface area (Å²) in [4.78, 5) is 31.1. The first-order chi connectivity index (χ1) is 15.5. The third-order valence-corrected chi connectivity index (χ3v) is 5.74. The number of nitrogens with one attached hydrogen (secondary N) is 1.